The molecule has 3 heterocycles. The lowest BCUT2D eigenvalue weighted by Crippen LogP contribution is -2.30. The molecule has 1 aromatic carbocycles. The third-order valence-corrected chi connectivity index (χ3v) is 3.62. The predicted octanol–water partition coefficient (Wildman–Crippen LogP) is 1.24. The molecule has 0 aliphatic carbocycles. The molecule has 24 heavy (non-hydrogen) atoms. The smallest absolute Gasteiger partial charge is 0.258 e. The quantitative estimate of drug-likeness (QED) is 0.721. The zero-order valence-corrected chi connectivity index (χ0v) is 13.0. The van der Waals surface area contributed by atoms with Crippen molar-refractivity contribution in [3.63, 3.8) is 0 Å². The highest BCUT2D eigenvalue weighted by atomic mass is 16.7. The van der Waals surface area contributed by atoms with Crippen LogP contribution in [-0.4, -0.2) is 37.7 Å². The van der Waals surface area contributed by atoms with Crippen molar-refractivity contribution in [2.45, 2.75) is 26.1 Å². The maximum atomic E-state index is 5.36. The Morgan fingerprint density at radius 3 is 3.08 bits per heavy atom. The standard InChI is InChI=1S/C15H16N6O3/c1-10(6-21-8-16-7-18-21)17-5-14-19-15(24-20-14)11-2-3-12-13(4-11)23-9-22-12/h2-4,7-8,10,17H,5-6,9H2,1H3. The lowest BCUT2D eigenvalue weighted by molar-refractivity contribution is 0.174. The highest BCUT2D eigenvalue weighted by Gasteiger charge is 2.17. The van der Waals surface area contributed by atoms with Crippen LogP contribution < -0.4 is 14.8 Å². The first-order chi connectivity index (χ1) is 11.8. The molecule has 0 spiro atoms. The van der Waals surface area contributed by atoms with Gasteiger partial charge in [0.2, 0.25) is 6.79 Å². The summed E-state index contributed by atoms with van der Waals surface area (Å²) in [6.07, 6.45) is 3.20. The number of aromatic nitrogens is 5. The van der Waals surface area contributed by atoms with E-state index in [1.54, 1.807) is 11.0 Å². The highest BCUT2D eigenvalue weighted by Crippen LogP contribution is 2.35. The molecule has 3 aromatic rings. The van der Waals surface area contributed by atoms with Gasteiger partial charge >= 0.3 is 0 Å². The molecule has 0 radical (unpaired) electrons. The summed E-state index contributed by atoms with van der Waals surface area (Å²) in [6.45, 7) is 3.51. The molecule has 0 saturated heterocycles. The van der Waals surface area contributed by atoms with Crippen molar-refractivity contribution in [2.75, 3.05) is 6.79 Å². The third kappa shape index (κ3) is 3.06. The van der Waals surface area contributed by atoms with Gasteiger partial charge in [0.05, 0.1) is 13.1 Å². The van der Waals surface area contributed by atoms with E-state index >= 15 is 0 Å². The molecule has 4 rings (SSSR count). The first kappa shape index (κ1) is 14.6. The van der Waals surface area contributed by atoms with E-state index in [4.69, 9.17) is 14.0 Å². The summed E-state index contributed by atoms with van der Waals surface area (Å²) in [4.78, 5) is 8.32. The molecule has 9 nitrogen and oxygen atoms in total. The fourth-order valence-electron chi connectivity index (χ4n) is 2.41. The van der Waals surface area contributed by atoms with Gasteiger partial charge in [-0.3, -0.25) is 4.68 Å². The molecule has 9 heteroatoms. The SMILES string of the molecule is CC(Cn1cncn1)NCc1noc(-c2ccc3c(c2)OCO3)n1. The van der Waals surface area contributed by atoms with Crippen LogP contribution in [0, 0.1) is 0 Å². The Morgan fingerprint density at radius 1 is 1.29 bits per heavy atom. The maximum absolute atomic E-state index is 5.36. The Hall–Kier alpha value is -2.94. The van der Waals surface area contributed by atoms with E-state index in [1.165, 1.54) is 6.33 Å². The van der Waals surface area contributed by atoms with Gasteiger partial charge in [0, 0.05) is 11.6 Å². The van der Waals surface area contributed by atoms with Gasteiger partial charge in [-0.25, -0.2) is 4.98 Å². The molecule has 1 aliphatic rings. The number of hydrogen-bond donors (Lipinski definition) is 1. The van der Waals surface area contributed by atoms with E-state index in [1.807, 2.05) is 18.2 Å². The van der Waals surface area contributed by atoms with Crippen molar-refractivity contribution in [3.05, 3.63) is 36.7 Å². The average Bonchev–Trinajstić information content (AvgIpc) is 3.33. The normalized spacial score (nSPS) is 14.0. The fraction of sp³-hybridized carbons (Fsp3) is 0.333. The Bertz CT molecular complexity index is 816. The number of ether oxygens (including phenoxy) is 2. The molecular weight excluding hydrogens is 312 g/mol. The van der Waals surface area contributed by atoms with Gasteiger partial charge in [-0.1, -0.05) is 5.16 Å². The zero-order valence-electron chi connectivity index (χ0n) is 13.0. The minimum Gasteiger partial charge on any atom is -0.454 e. The Balaban J connectivity index is 1.38. The van der Waals surface area contributed by atoms with Crippen LogP contribution in [0.1, 0.15) is 12.7 Å². The maximum Gasteiger partial charge on any atom is 0.258 e. The first-order valence-electron chi connectivity index (χ1n) is 7.56. The number of benzene rings is 1. The predicted molar refractivity (Wildman–Crippen MR) is 82.2 cm³/mol. The van der Waals surface area contributed by atoms with E-state index in [2.05, 4.69) is 32.5 Å². The summed E-state index contributed by atoms with van der Waals surface area (Å²) in [5.41, 5.74) is 0.800. The zero-order chi connectivity index (χ0) is 16.4. The highest BCUT2D eigenvalue weighted by molar-refractivity contribution is 5.60. The minimum atomic E-state index is 0.194. The Labute approximate surface area is 137 Å². The lowest BCUT2D eigenvalue weighted by Gasteiger charge is -2.11. The van der Waals surface area contributed by atoms with Gasteiger partial charge in [-0.15, -0.1) is 0 Å². The van der Waals surface area contributed by atoms with E-state index in [9.17, 15) is 0 Å². The number of nitrogens with zero attached hydrogens (tertiary/aromatic N) is 5. The Morgan fingerprint density at radius 2 is 2.21 bits per heavy atom. The summed E-state index contributed by atoms with van der Waals surface area (Å²) >= 11 is 0. The van der Waals surface area contributed by atoms with E-state index in [0.717, 1.165) is 11.3 Å². The van der Waals surface area contributed by atoms with Gasteiger partial charge in [0.1, 0.15) is 12.7 Å². The van der Waals surface area contributed by atoms with Crippen molar-refractivity contribution < 1.29 is 14.0 Å². The first-order valence-corrected chi connectivity index (χ1v) is 7.56. The van der Waals surface area contributed by atoms with Crippen LogP contribution in [0.15, 0.2) is 35.4 Å². The molecule has 124 valence electrons. The van der Waals surface area contributed by atoms with E-state index in [-0.39, 0.29) is 12.8 Å². The number of nitrogens with one attached hydrogen (secondary N) is 1. The van der Waals surface area contributed by atoms with Gasteiger partial charge in [-0.2, -0.15) is 10.1 Å². The van der Waals surface area contributed by atoms with E-state index in [0.29, 0.717) is 30.6 Å². The second kappa shape index (κ2) is 6.28. The minimum absolute atomic E-state index is 0.194. The van der Waals surface area contributed by atoms with Gasteiger partial charge < -0.3 is 19.3 Å². The molecule has 0 saturated carbocycles. The van der Waals surface area contributed by atoms with Gasteiger partial charge in [-0.05, 0) is 25.1 Å². The number of hydrogen-bond acceptors (Lipinski definition) is 8. The fourth-order valence-corrected chi connectivity index (χ4v) is 2.41. The van der Waals surface area contributed by atoms with Crippen LogP contribution in [0.4, 0.5) is 0 Å². The molecule has 1 atom stereocenters. The average molecular weight is 328 g/mol. The molecule has 1 N–H and O–H groups in total. The lowest BCUT2D eigenvalue weighted by atomic mass is 10.2. The van der Waals surface area contributed by atoms with Gasteiger partial charge in [0.25, 0.3) is 5.89 Å². The molecule has 0 bridgehead atoms. The topological polar surface area (TPSA) is 100 Å². The van der Waals surface area contributed by atoms with Crippen molar-refractivity contribution in [3.8, 4) is 23.0 Å². The van der Waals surface area contributed by atoms with Crippen molar-refractivity contribution in [1.82, 2.24) is 30.2 Å². The van der Waals surface area contributed by atoms with Crippen LogP contribution in [0.5, 0.6) is 11.5 Å². The summed E-state index contributed by atoms with van der Waals surface area (Å²) in [5.74, 6) is 2.45. The summed E-state index contributed by atoms with van der Waals surface area (Å²) in [5, 5.41) is 11.4. The van der Waals surface area contributed by atoms with Crippen molar-refractivity contribution in [1.29, 1.82) is 0 Å². The third-order valence-electron chi connectivity index (χ3n) is 3.62. The van der Waals surface area contributed by atoms with Crippen LogP contribution in [0.25, 0.3) is 11.5 Å². The molecule has 1 unspecified atom stereocenters. The second-order valence-electron chi connectivity index (χ2n) is 5.48. The van der Waals surface area contributed by atoms with Crippen LogP contribution in [-0.2, 0) is 13.1 Å². The van der Waals surface area contributed by atoms with E-state index < -0.39 is 0 Å². The Kier molecular flexibility index (Phi) is 3.83. The molecule has 0 amide bonds. The summed E-state index contributed by atoms with van der Waals surface area (Å²) < 4.78 is 17.7. The molecule has 0 fully saturated rings. The van der Waals surface area contributed by atoms with Crippen LogP contribution in [0.2, 0.25) is 0 Å². The summed E-state index contributed by atoms with van der Waals surface area (Å²) in [6, 6.07) is 5.73. The van der Waals surface area contributed by atoms with Crippen molar-refractivity contribution >= 4 is 0 Å². The second-order valence-corrected chi connectivity index (χ2v) is 5.48. The summed E-state index contributed by atoms with van der Waals surface area (Å²) in [7, 11) is 0. The largest absolute Gasteiger partial charge is 0.454 e. The van der Waals surface area contributed by atoms with Crippen molar-refractivity contribution in [2.24, 2.45) is 0 Å². The molecule has 1 aliphatic heterocycles. The van der Waals surface area contributed by atoms with Crippen LogP contribution >= 0.6 is 0 Å². The van der Waals surface area contributed by atoms with Gasteiger partial charge in [0.15, 0.2) is 17.3 Å². The molecular formula is C15H16N6O3. The number of rotatable bonds is 6. The monoisotopic (exact) mass is 328 g/mol. The molecule has 2 aromatic heterocycles. The van der Waals surface area contributed by atoms with Crippen LogP contribution in [0.3, 0.4) is 0 Å². The number of fused-ring (bicyclic) bond motifs is 1.